The Labute approximate surface area is 111 Å². The van der Waals surface area contributed by atoms with Crippen LogP contribution in [-0.2, 0) is 6.42 Å². The predicted octanol–water partition coefficient (Wildman–Crippen LogP) is 2.69. The highest BCUT2D eigenvalue weighted by atomic mass is 15.1. The normalized spacial score (nSPS) is 15.2. The Hall–Kier alpha value is -0.860. The quantitative estimate of drug-likeness (QED) is 0.674. The zero-order valence-electron chi connectivity index (χ0n) is 11.6. The van der Waals surface area contributed by atoms with Crippen LogP contribution >= 0.6 is 0 Å². The summed E-state index contributed by atoms with van der Waals surface area (Å²) in [6.07, 6.45) is 6.59. The highest BCUT2D eigenvalue weighted by Gasteiger charge is 2.19. The smallest absolute Gasteiger partial charge is 0.00682 e. The Kier molecular flexibility index (Phi) is 5.69. The van der Waals surface area contributed by atoms with E-state index in [1.807, 2.05) is 0 Å². The topological polar surface area (TPSA) is 15.3 Å². The number of likely N-dealkylation sites (N-methyl/N-ethyl adjacent to an activating group) is 1. The van der Waals surface area contributed by atoms with E-state index in [0.717, 1.165) is 12.5 Å². The molecule has 0 bridgehead atoms. The van der Waals surface area contributed by atoms with Crippen molar-refractivity contribution in [2.24, 2.45) is 0 Å². The average Bonchev–Trinajstić information content (AvgIpc) is 3.21. The SMILES string of the molecule is CN(CCCCNC1CC1)CCc1ccccc1. The Bertz CT molecular complexity index is 319. The molecule has 0 heterocycles. The summed E-state index contributed by atoms with van der Waals surface area (Å²) < 4.78 is 0. The third-order valence-corrected chi connectivity index (χ3v) is 3.60. The van der Waals surface area contributed by atoms with Crippen molar-refractivity contribution in [3.05, 3.63) is 35.9 Å². The molecule has 0 saturated heterocycles. The fourth-order valence-corrected chi connectivity index (χ4v) is 2.18. The first kappa shape index (κ1) is 13.6. The van der Waals surface area contributed by atoms with Crippen LogP contribution in [-0.4, -0.2) is 37.6 Å². The average molecular weight is 246 g/mol. The standard InChI is InChI=1S/C16H26N2/c1-18(13-6-5-12-17-16-9-10-16)14-11-15-7-3-2-4-8-15/h2-4,7-8,16-17H,5-6,9-14H2,1H3. The maximum Gasteiger partial charge on any atom is 0.00682 e. The van der Waals surface area contributed by atoms with Gasteiger partial charge in [-0.3, -0.25) is 0 Å². The van der Waals surface area contributed by atoms with Crippen molar-refractivity contribution in [2.45, 2.75) is 38.1 Å². The summed E-state index contributed by atoms with van der Waals surface area (Å²) in [6, 6.07) is 11.6. The number of hydrogen-bond donors (Lipinski definition) is 1. The highest BCUT2D eigenvalue weighted by molar-refractivity contribution is 5.14. The van der Waals surface area contributed by atoms with Crippen molar-refractivity contribution >= 4 is 0 Å². The molecule has 2 rings (SSSR count). The molecule has 1 aromatic carbocycles. The van der Waals surface area contributed by atoms with Crippen LogP contribution < -0.4 is 5.32 Å². The van der Waals surface area contributed by atoms with Crippen LogP contribution in [0.25, 0.3) is 0 Å². The minimum absolute atomic E-state index is 0.862. The molecule has 0 radical (unpaired) electrons. The van der Waals surface area contributed by atoms with Gasteiger partial charge in [0.05, 0.1) is 0 Å². The molecule has 1 N–H and O–H groups in total. The molecule has 1 fully saturated rings. The van der Waals surface area contributed by atoms with Gasteiger partial charge in [-0.15, -0.1) is 0 Å². The number of unbranched alkanes of at least 4 members (excludes halogenated alkanes) is 1. The number of hydrogen-bond acceptors (Lipinski definition) is 2. The molecule has 0 aliphatic heterocycles. The molecule has 0 atom stereocenters. The lowest BCUT2D eigenvalue weighted by Crippen LogP contribution is -2.24. The summed E-state index contributed by atoms with van der Waals surface area (Å²) in [5.74, 6) is 0. The van der Waals surface area contributed by atoms with Crippen molar-refractivity contribution in [2.75, 3.05) is 26.7 Å². The van der Waals surface area contributed by atoms with E-state index < -0.39 is 0 Å². The van der Waals surface area contributed by atoms with Gasteiger partial charge in [0.2, 0.25) is 0 Å². The largest absolute Gasteiger partial charge is 0.314 e. The van der Waals surface area contributed by atoms with E-state index in [2.05, 4.69) is 47.6 Å². The minimum Gasteiger partial charge on any atom is -0.314 e. The Balaban J connectivity index is 1.47. The highest BCUT2D eigenvalue weighted by Crippen LogP contribution is 2.18. The fourth-order valence-electron chi connectivity index (χ4n) is 2.18. The second-order valence-corrected chi connectivity index (χ2v) is 5.47. The van der Waals surface area contributed by atoms with Crippen molar-refractivity contribution in [3.63, 3.8) is 0 Å². The first-order valence-electron chi connectivity index (χ1n) is 7.30. The van der Waals surface area contributed by atoms with Gasteiger partial charge < -0.3 is 10.2 Å². The van der Waals surface area contributed by atoms with Crippen molar-refractivity contribution < 1.29 is 0 Å². The van der Waals surface area contributed by atoms with E-state index in [9.17, 15) is 0 Å². The van der Waals surface area contributed by atoms with Gasteiger partial charge in [0, 0.05) is 12.6 Å². The molecule has 2 heteroatoms. The molecule has 1 aliphatic rings. The van der Waals surface area contributed by atoms with Gasteiger partial charge in [0.15, 0.2) is 0 Å². The first-order valence-corrected chi connectivity index (χ1v) is 7.30. The molecule has 1 saturated carbocycles. The molecule has 2 nitrogen and oxygen atoms in total. The van der Waals surface area contributed by atoms with Gasteiger partial charge in [0.1, 0.15) is 0 Å². The van der Waals surface area contributed by atoms with Crippen LogP contribution in [0.3, 0.4) is 0 Å². The minimum atomic E-state index is 0.862. The molecule has 100 valence electrons. The van der Waals surface area contributed by atoms with Gasteiger partial charge >= 0.3 is 0 Å². The molecule has 1 aliphatic carbocycles. The molecule has 0 amide bonds. The van der Waals surface area contributed by atoms with Crippen LogP contribution in [0.5, 0.6) is 0 Å². The van der Waals surface area contributed by atoms with Crippen LogP contribution in [0, 0.1) is 0 Å². The fraction of sp³-hybridized carbons (Fsp3) is 0.625. The molecular weight excluding hydrogens is 220 g/mol. The van der Waals surface area contributed by atoms with Gasteiger partial charge in [-0.1, -0.05) is 30.3 Å². The molecule has 0 aromatic heterocycles. The van der Waals surface area contributed by atoms with E-state index in [0.29, 0.717) is 0 Å². The second kappa shape index (κ2) is 7.55. The van der Waals surface area contributed by atoms with E-state index in [1.165, 1.54) is 50.9 Å². The Morgan fingerprint density at radius 2 is 1.89 bits per heavy atom. The molecule has 0 unspecified atom stereocenters. The summed E-state index contributed by atoms with van der Waals surface area (Å²) in [5.41, 5.74) is 1.44. The van der Waals surface area contributed by atoms with Gasteiger partial charge in [0.25, 0.3) is 0 Å². The third kappa shape index (κ3) is 5.65. The maximum absolute atomic E-state index is 3.57. The summed E-state index contributed by atoms with van der Waals surface area (Å²) in [7, 11) is 2.23. The summed E-state index contributed by atoms with van der Waals surface area (Å²) in [6.45, 7) is 3.59. The van der Waals surface area contributed by atoms with Crippen molar-refractivity contribution in [1.82, 2.24) is 10.2 Å². The summed E-state index contributed by atoms with van der Waals surface area (Å²) in [4.78, 5) is 2.45. The number of rotatable bonds is 9. The predicted molar refractivity (Wildman–Crippen MR) is 77.9 cm³/mol. The zero-order chi connectivity index (χ0) is 12.6. The summed E-state index contributed by atoms with van der Waals surface area (Å²) in [5, 5.41) is 3.57. The lowest BCUT2D eigenvalue weighted by Gasteiger charge is -2.16. The van der Waals surface area contributed by atoms with Crippen molar-refractivity contribution in [1.29, 1.82) is 0 Å². The number of nitrogens with one attached hydrogen (secondary N) is 1. The lowest BCUT2D eigenvalue weighted by molar-refractivity contribution is 0.329. The zero-order valence-corrected chi connectivity index (χ0v) is 11.6. The van der Waals surface area contributed by atoms with E-state index >= 15 is 0 Å². The molecule has 18 heavy (non-hydrogen) atoms. The van der Waals surface area contributed by atoms with Gasteiger partial charge in [-0.2, -0.15) is 0 Å². The number of benzene rings is 1. The van der Waals surface area contributed by atoms with Gasteiger partial charge in [-0.05, 0) is 57.8 Å². The van der Waals surface area contributed by atoms with Crippen LogP contribution in [0.4, 0.5) is 0 Å². The Morgan fingerprint density at radius 1 is 1.11 bits per heavy atom. The number of nitrogens with zero attached hydrogens (tertiary/aromatic N) is 1. The maximum atomic E-state index is 3.57. The van der Waals surface area contributed by atoms with E-state index in [1.54, 1.807) is 0 Å². The van der Waals surface area contributed by atoms with Crippen LogP contribution in [0.1, 0.15) is 31.2 Å². The molecule has 1 aromatic rings. The van der Waals surface area contributed by atoms with Crippen LogP contribution in [0.2, 0.25) is 0 Å². The summed E-state index contributed by atoms with van der Waals surface area (Å²) >= 11 is 0. The second-order valence-electron chi connectivity index (χ2n) is 5.47. The van der Waals surface area contributed by atoms with Crippen molar-refractivity contribution in [3.8, 4) is 0 Å². The van der Waals surface area contributed by atoms with Gasteiger partial charge in [-0.25, -0.2) is 0 Å². The molecule has 0 spiro atoms. The van der Waals surface area contributed by atoms with E-state index in [4.69, 9.17) is 0 Å². The Morgan fingerprint density at radius 3 is 2.61 bits per heavy atom. The molecular formula is C16H26N2. The lowest BCUT2D eigenvalue weighted by atomic mass is 10.1. The third-order valence-electron chi connectivity index (χ3n) is 3.60. The monoisotopic (exact) mass is 246 g/mol. The van der Waals surface area contributed by atoms with E-state index in [-0.39, 0.29) is 0 Å². The van der Waals surface area contributed by atoms with Crippen LogP contribution in [0.15, 0.2) is 30.3 Å². The first-order chi connectivity index (χ1) is 8.84.